The molecule has 0 aromatic heterocycles. The summed E-state index contributed by atoms with van der Waals surface area (Å²) in [6, 6.07) is 16.6. The van der Waals surface area contributed by atoms with Crippen LogP contribution < -0.4 is 5.32 Å². The van der Waals surface area contributed by atoms with Crippen molar-refractivity contribution in [2.45, 2.75) is 17.4 Å². The van der Waals surface area contributed by atoms with Crippen molar-refractivity contribution in [2.75, 3.05) is 11.1 Å². The number of thioether (sulfide) groups is 1. The van der Waals surface area contributed by atoms with Crippen LogP contribution in [0.3, 0.4) is 0 Å². The first kappa shape index (κ1) is 11.9. The lowest BCUT2D eigenvalue weighted by molar-refractivity contribution is 0.613. The van der Waals surface area contributed by atoms with E-state index >= 15 is 0 Å². The van der Waals surface area contributed by atoms with E-state index in [1.807, 2.05) is 30.0 Å². The van der Waals surface area contributed by atoms with Crippen molar-refractivity contribution >= 4 is 29.1 Å². The van der Waals surface area contributed by atoms with E-state index in [9.17, 15) is 0 Å². The third-order valence-corrected chi connectivity index (χ3v) is 4.90. The van der Waals surface area contributed by atoms with E-state index in [1.165, 1.54) is 10.5 Å². The van der Waals surface area contributed by atoms with Gasteiger partial charge in [0.25, 0.3) is 0 Å². The Morgan fingerprint density at radius 1 is 1.17 bits per heavy atom. The van der Waals surface area contributed by atoms with Crippen LogP contribution in [0.4, 0.5) is 5.69 Å². The summed E-state index contributed by atoms with van der Waals surface area (Å²) < 4.78 is 0. The van der Waals surface area contributed by atoms with Crippen LogP contribution in [0, 0.1) is 0 Å². The molecule has 0 unspecified atom stereocenters. The summed E-state index contributed by atoms with van der Waals surface area (Å²) in [5.41, 5.74) is 2.40. The van der Waals surface area contributed by atoms with Crippen molar-refractivity contribution in [1.29, 1.82) is 0 Å². The molecule has 0 aliphatic carbocycles. The Kier molecular flexibility index (Phi) is 3.00. The molecule has 0 bridgehead atoms. The second kappa shape index (κ2) is 4.52. The van der Waals surface area contributed by atoms with Gasteiger partial charge in [0.05, 0.1) is 5.54 Å². The highest BCUT2D eigenvalue weighted by atomic mass is 35.5. The van der Waals surface area contributed by atoms with Gasteiger partial charge in [-0.2, -0.15) is 0 Å². The van der Waals surface area contributed by atoms with Gasteiger partial charge in [0, 0.05) is 21.4 Å². The molecular weight excluding hydrogens is 262 g/mol. The number of benzene rings is 2. The summed E-state index contributed by atoms with van der Waals surface area (Å²) in [7, 11) is 0. The Morgan fingerprint density at radius 3 is 2.72 bits per heavy atom. The summed E-state index contributed by atoms with van der Waals surface area (Å²) in [5.74, 6) is 1.02. The van der Waals surface area contributed by atoms with E-state index in [0.29, 0.717) is 0 Å². The summed E-state index contributed by atoms with van der Waals surface area (Å²) in [5, 5.41) is 4.40. The van der Waals surface area contributed by atoms with Gasteiger partial charge in [-0.3, -0.25) is 0 Å². The third-order valence-electron chi connectivity index (χ3n) is 3.28. The van der Waals surface area contributed by atoms with E-state index < -0.39 is 0 Å². The molecule has 0 saturated heterocycles. The van der Waals surface area contributed by atoms with Gasteiger partial charge >= 0.3 is 0 Å². The topological polar surface area (TPSA) is 12.0 Å². The molecule has 18 heavy (non-hydrogen) atoms. The summed E-state index contributed by atoms with van der Waals surface area (Å²) in [4.78, 5) is 1.27. The molecular formula is C15H14ClNS. The number of nitrogens with one attached hydrogen (secondary N) is 1. The van der Waals surface area contributed by atoms with Crippen LogP contribution in [0.5, 0.6) is 0 Å². The Hall–Kier alpha value is -1.12. The molecule has 3 rings (SSSR count). The number of rotatable bonds is 1. The Balaban J connectivity index is 1.99. The van der Waals surface area contributed by atoms with Crippen molar-refractivity contribution < 1.29 is 0 Å². The van der Waals surface area contributed by atoms with E-state index in [1.54, 1.807) is 0 Å². The lowest BCUT2D eigenvalue weighted by atomic mass is 9.93. The van der Waals surface area contributed by atoms with Crippen LogP contribution in [-0.4, -0.2) is 5.75 Å². The fraction of sp³-hybridized carbons (Fsp3) is 0.200. The maximum atomic E-state index is 6.07. The van der Waals surface area contributed by atoms with Gasteiger partial charge in [0.15, 0.2) is 0 Å². The van der Waals surface area contributed by atoms with Gasteiger partial charge < -0.3 is 5.32 Å². The molecule has 0 fully saturated rings. The van der Waals surface area contributed by atoms with E-state index in [4.69, 9.17) is 11.6 Å². The number of halogens is 1. The van der Waals surface area contributed by atoms with Crippen molar-refractivity contribution in [3.63, 3.8) is 0 Å². The Morgan fingerprint density at radius 2 is 1.94 bits per heavy atom. The minimum Gasteiger partial charge on any atom is -0.374 e. The van der Waals surface area contributed by atoms with Gasteiger partial charge in [-0.25, -0.2) is 0 Å². The number of anilines is 1. The lowest BCUT2D eigenvalue weighted by Gasteiger charge is -2.37. The smallest absolute Gasteiger partial charge is 0.0691 e. The van der Waals surface area contributed by atoms with Crippen LogP contribution in [-0.2, 0) is 5.54 Å². The number of fused-ring (bicyclic) bond motifs is 1. The summed E-state index contributed by atoms with van der Waals surface area (Å²) in [6.07, 6.45) is 0. The van der Waals surface area contributed by atoms with Gasteiger partial charge in [-0.15, -0.1) is 11.8 Å². The standard InChI is InChI=1S/C15H14ClNS/c1-15(11-5-3-2-4-6-11)10-18-14-8-7-12(16)9-13(14)17-15/h2-9,17H,10H2,1H3/t15-/m1/s1. The van der Waals surface area contributed by atoms with Gasteiger partial charge in [0.1, 0.15) is 0 Å². The Labute approximate surface area is 117 Å². The molecule has 2 aromatic rings. The molecule has 0 radical (unpaired) electrons. The maximum absolute atomic E-state index is 6.07. The molecule has 1 heterocycles. The first-order valence-corrected chi connectivity index (χ1v) is 7.30. The predicted octanol–water partition coefficient (Wildman–Crippen LogP) is 4.77. The first-order valence-electron chi connectivity index (χ1n) is 5.93. The van der Waals surface area contributed by atoms with Gasteiger partial charge in [0.2, 0.25) is 0 Å². The molecule has 92 valence electrons. The zero-order valence-corrected chi connectivity index (χ0v) is 11.7. The van der Waals surface area contributed by atoms with E-state index in [-0.39, 0.29) is 5.54 Å². The fourth-order valence-corrected chi connectivity index (χ4v) is 3.53. The average Bonchev–Trinajstić information content (AvgIpc) is 2.39. The predicted molar refractivity (Wildman–Crippen MR) is 79.6 cm³/mol. The molecule has 0 spiro atoms. The van der Waals surface area contributed by atoms with Gasteiger partial charge in [-0.1, -0.05) is 41.9 Å². The second-order valence-electron chi connectivity index (χ2n) is 4.75. The maximum Gasteiger partial charge on any atom is 0.0691 e. The minimum absolute atomic E-state index is 0.0381. The quantitative estimate of drug-likeness (QED) is 0.804. The van der Waals surface area contributed by atoms with E-state index in [2.05, 4.69) is 42.6 Å². The zero-order valence-electron chi connectivity index (χ0n) is 10.1. The van der Waals surface area contributed by atoms with Crippen LogP contribution >= 0.6 is 23.4 Å². The average molecular weight is 276 g/mol. The number of hydrogen-bond acceptors (Lipinski definition) is 2. The van der Waals surface area contributed by atoms with Crippen LogP contribution in [0.2, 0.25) is 5.02 Å². The first-order chi connectivity index (χ1) is 8.67. The monoisotopic (exact) mass is 275 g/mol. The lowest BCUT2D eigenvalue weighted by Crippen LogP contribution is -2.37. The van der Waals surface area contributed by atoms with Crippen LogP contribution in [0.25, 0.3) is 0 Å². The van der Waals surface area contributed by atoms with Crippen molar-refractivity contribution in [1.82, 2.24) is 0 Å². The Bertz CT molecular complexity index is 570. The molecule has 2 aromatic carbocycles. The van der Waals surface area contributed by atoms with Crippen molar-refractivity contribution in [2.24, 2.45) is 0 Å². The highest BCUT2D eigenvalue weighted by molar-refractivity contribution is 7.99. The summed E-state index contributed by atoms with van der Waals surface area (Å²) >= 11 is 7.94. The normalized spacial score (nSPS) is 22.1. The number of hydrogen-bond donors (Lipinski definition) is 1. The third kappa shape index (κ3) is 2.11. The molecule has 1 atom stereocenters. The van der Waals surface area contributed by atoms with Crippen molar-refractivity contribution in [3.05, 3.63) is 59.1 Å². The highest BCUT2D eigenvalue weighted by Gasteiger charge is 2.31. The highest BCUT2D eigenvalue weighted by Crippen LogP contribution is 2.42. The molecule has 3 heteroatoms. The molecule has 0 saturated carbocycles. The fourth-order valence-electron chi connectivity index (χ4n) is 2.24. The van der Waals surface area contributed by atoms with Crippen LogP contribution in [0.15, 0.2) is 53.4 Å². The van der Waals surface area contributed by atoms with Gasteiger partial charge in [-0.05, 0) is 30.7 Å². The van der Waals surface area contributed by atoms with E-state index in [0.717, 1.165) is 16.5 Å². The molecule has 1 aliphatic rings. The van der Waals surface area contributed by atoms with Crippen LogP contribution in [0.1, 0.15) is 12.5 Å². The molecule has 0 amide bonds. The second-order valence-corrected chi connectivity index (χ2v) is 6.21. The van der Waals surface area contributed by atoms with Crippen molar-refractivity contribution in [3.8, 4) is 0 Å². The summed E-state index contributed by atoms with van der Waals surface area (Å²) in [6.45, 7) is 2.24. The molecule has 1 aliphatic heterocycles. The zero-order chi connectivity index (χ0) is 12.6. The molecule has 1 N–H and O–H groups in total. The minimum atomic E-state index is -0.0381. The molecule has 1 nitrogen and oxygen atoms in total. The largest absolute Gasteiger partial charge is 0.374 e. The SMILES string of the molecule is C[C@]1(c2ccccc2)CSc2ccc(Cl)cc2N1.